The molecule has 0 bridgehead atoms. The second kappa shape index (κ2) is 7.56. The molecular formula is C15H23NO2S. The van der Waals surface area contributed by atoms with Crippen LogP contribution in [0.3, 0.4) is 0 Å². The van der Waals surface area contributed by atoms with Crippen LogP contribution in [0.2, 0.25) is 0 Å². The van der Waals surface area contributed by atoms with Crippen LogP contribution in [0.4, 0.5) is 0 Å². The molecule has 0 aliphatic rings. The molecule has 0 fully saturated rings. The van der Waals surface area contributed by atoms with E-state index in [9.17, 15) is 4.79 Å². The lowest BCUT2D eigenvalue weighted by molar-refractivity contribution is 0.0613. The van der Waals surface area contributed by atoms with Crippen LogP contribution in [0, 0.1) is 6.92 Å². The Kier molecular flexibility index (Phi) is 6.38. The first-order valence-electron chi connectivity index (χ1n) is 6.60. The van der Waals surface area contributed by atoms with Gasteiger partial charge in [0.1, 0.15) is 0 Å². The molecule has 0 aromatic heterocycles. The maximum Gasteiger partial charge on any atom is 0.254 e. The van der Waals surface area contributed by atoms with Crippen molar-refractivity contribution >= 4 is 18.5 Å². The second-order valence-corrected chi connectivity index (χ2v) is 5.26. The van der Waals surface area contributed by atoms with Gasteiger partial charge in [-0.3, -0.25) is 4.79 Å². The number of thiol groups is 1. The van der Waals surface area contributed by atoms with Crippen LogP contribution < -0.4 is 0 Å². The molecule has 0 saturated heterocycles. The largest absolute Gasteiger partial charge is 0.383 e. The summed E-state index contributed by atoms with van der Waals surface area (Å²) in [5.74, 6) is 0.0554. The number of hydrogen-bond donors (Lipinski definition) is 1. The van der Waals surface area contributed by atoms with E-state index < -0.39 is 0 Å². The van der Waals surface area contributed by atoms with Crippen molar-refractivity contribution in [3.8, 4) is 0 Å². The van der Waals surface area contributed by atoms with E-state index in [0.29, 0.717) is 13.2 Å². The summed E-state index contributed by atoms with van der Waals surface area (Å²) in [6.07, 6.45) is 0.926. The molecule has 1 aromatic rings. The van der Waals surface area contributed by atoms with Crippen molar-refractivity contribution in [3.63, 3.8) is 0 Å². The Morgan fingerprint density at radius 1 is 1.47 bits per heavy atom. The second-order valence-electron chi connectivity index (χ2n) is 4.75. The summed E-state index contributed by atoms with van der Waals surface area (Å²) in [4.78, 5) is 15.3. The van der Waals surface area contributed by atoms with E-state index in [-0.39, 0.29) is 11.9 Å². The summed E-state index contributed by atoms with van der Waals surface area (Å²) in [6, 6.07) is 5.87. The standard InChI is InChI=1S/C15H23NO2S/c1-5-12(3)16(8-9-18-4)15(17)14-10-13(19)7-6-11(14)2/h6-7,10,12,19H,5,8-9H2,1-4H3. The minimum absolute atomic E-state index is 0.0554. The lowest BCUT2D eigenvalue weighted by atomic mass is 10.1. The summed E-state index contributed by atoms with van der Waals surface area (Å²) in [5.41, 5.74) is 1.71. The molecular weight excluding hydrogens is 258 g/mol. The van der Waals surface area contributed by atoms with Crippen LogP contribution in [-0.2, 0) is 4.74 Å². The SMILES string of the molecule is CCC(C)N(CCOC)C(=O)c1cc(S)ccc1C. The zero-order valence-corrected chi connectivity index (χ0v) is 13.0. The fraction of sp³-hybridized carbons (Fsp3) is 0.533. The van der Waals surface area contributed by atoms with Crippen LogP contribution in [0.15, 0.2) is 23.1 Å². The molecule has 19 heavy (non-hydrogen) atoms. The molecule has 1 amide bonds. The Labute approximate surface area is 121 Å². The van der Waals surface area contributed by atoms with Gasteiger partial charge in [0.2, 0.25) is 0 Å². The van der Waals surface area contributed by atoms with E-state index in [1.165, 1.54) is 0 Å². The normalized spacial score (nSPS) is 12.3. The van der Waals surface area contributed by atoms with Crippen molar-refractivity contribution in [1.82, 2.24) is 4.90 Å². The van der Waals surface area contributed by atoms with Gasteiger partial charge in [-0.1, -0.05) is 13.0 Å². The molecule has 1 aromatic carbocycles. The zero-order valence-electron chi connectivity index (χ0n) is 12.1. The summed E-state index contributed by atoms with van der Waals surface area (Å²) >= 11 is 4.31. The van der Waals surface area contributed by atoms with Gasteiger partial charge in [0, 0.05) is 30.2 Å². The third-order valence-electron chi connectivity index (χ3n) is 3.37. The molecule has 3 nitrogen and oxygen atoms in total. The molecule has 0 saturated carbocycles. The molecule has 4 heteroatoms. The fourth-order valence-electron chi connectivity index (χ4n) is 1.93. The lowest BCUT2D eigenvalue weighted by Gasteiger charge is -2.29. The number of hydrogen-bond acceptors (Lipinski definition) is 3. The topological polar surface area (TPSA) is 29.5 Å². The fourth-order valence-corrected chi connectivity index (χ4v) is 2.13. The molecule has 0 aliphatic heterocycles. The molecule has 106 valence electrons. The van der Waals surface area contributed by atoms with Crippen LogP contribution in [-0.4, -0.2) is 37.1 Å². The number of ether oxygens (including phenoxy) is 1. The van der Waals surface area contributed by atoms with Gasteiger partial charge in [0.25, 0.3) is 5.91 Å². The van der Waals surface area contributed by atoms with Crippen molar-refractivity contribution in [2.45, 2.75) is 38.1 Å². The van der Waals surface area contributed by atoms with Gasteiger partial charge in [-0.15, -0.1) is 12.6 Å². The van der Waals surface area contributed by atoms with E-state index in [1.54, 1.807) is 7.11 Å². The van der Waals surface area contributed by atoms with Gasteiger partial charge >= 0.3 is 0 Å². The highest BCUT2D eigenvalue weighted by Crippen LogP contribution is 2.18. The molecule has 1 unspecified atom stereocenters. The predicted molar refractivity (Wildman–Crippen MR) is 81.1 cm³/mol. The zero-order chi connectivity index (χ0) is 14.4. The molecule has 0 aliphatic carbocycles. The number of amides is 1. The Balaban J connectivity index is 3.00. The number of carbonyl (C=O) groups excluding carboxylic acids is 1. The predicted octanol–water partition coefficient (Wildman–Crippen LogP) is 3.17. The quantitative estimate of drug-likeness (QED) is 0.812. The monoisotopic (exact) mass is 281 g/mol. The molecule has 0 heterocycles. The summed E-state index contributed by atoms with van der Waals surface area (Å²) in [5, 5.41) is 0. The average molecular weight is 281 g/mol. The third kappa shape index (κ3) is 4.25. The third-order valence-corrected chi connectivity index (χ3v) is 3.65. The highest BCUT2D eigenvalue weighted by molar-refractivity contribution is 7.80. The van der Waals surface area contributed by atoms with E-state index in [0.717, 1.165) is 22.4 Å². The van der Waals surface area contributed by atoms with Crippen molar-refractivity contribution < 1.29 is 9.53 Å². The Bertz CT molecular complexity index is 434. The first-order valence-corrected chi connectivity index (χ1v) is 7.05. The van der Waals surface area contributed by atoms with E-state index in [1.807, 2.05) is 30.0 Å². The maximum atomic E-state index is 12.7. The van der Waals surface area contributed by atoms with Gasteiger partial charge in [0.05, 0.1) is 6.61 Å². The van der Waals surface area contributed by atoms with Crippen molar-refractivity contribution in [2.24, 2.45) is 0 Å². The number of carbonyl (C=O) groups is 1. The van der Waals surface area contributed by atoms with E-state index in [4.69, 9.17) is 4.74 Å². The van der Waals surface area contributed by atoms with Crippen molar-refractivity contribution in [1.29, 1.82) is 0 Å². The molecule has 0 radical (unpaired) electrons. The summed E-state index contributed by atoms with van der Waals surface area (Å²) < 4.78 is 5.10. The number of aryl methyl sites for hydroxylation is 1. The molecule has 0 spiro atoms. The van der Waals surface area contributed by atoms with Crippen LogP contribution in [0.1, 0.15) is 36.2 Å². The van der Waals surface area contributed by atoms with Crippen molar-refractivity contribution in [2.75, 3.05) is 20.3 Å². The molecule has 1 atom stereocenters. The van der Waals surface area contributed by atoms with Gasteiger partial charge < -0.3 is 9.64 Å². The van der Waals surface area contributed by atoms with Gasteiger partial charge in [-0.05, 0) is 38.0 Å². The lowest BCUT2D eigenvalue weighted by Crippen LogP contribution is -2.40. The highest BCUT2D eigenvalue weighted by Gasteiger charge is 2.21. The first-order chi connectivity index (χ1) is 9.01. The molecule has 0 N–H and O–H groups in total. The van der Waals surface area contributed by atoms with Gasteiger partial charge in [-0.2, -0.15) is 0 Å². The minimum atomic E-state index is 0.0554. The first kappa shape index (κ1) is 16.1. The smallest absolute Gasteiger partial charge is 0.254 e. The average Bonchev–Trinajstić information content (AvgIpc) is 2.41. The summed E-state index contributed by atoms with van der Waals surface area (Å²) in [6.45, 7) is 7.26. The van der Waals surface area contributed by atoms with Gasteiger partial charge in [-0.25, -0.2) is 0 Å². The van der Waals surface area contributed by atoms with Crippen LogP contribution >= 0.6 is 12.6 Å². The Morgan fingerprint density at radius 2 is 2.16 bits per heavy atom. The minimum Gasteiger partial charge on any atom is -0.383 e. The van der Waals surface area contributed by atoms with Crippen LogP contribution in [0.25, 0.3) is 0 Å². The molecule has 1 rings (SSSR count). The van der Waals surface area contributed by atoms with Crippen molar-refractivity contribution in [3.05, 3.63) is 29.3 Å². The number of benzene rings is 1. The van der Waals surface area contributed by atoms with E-state index >= 15 is 0 Å². The van der Waals surface area contributed by atoms with E-state index in [2.05, 4.69) is 26.5 Å². The summed E-state index contributed by atoms with van der Waals surface area (Å²) in [7, 11) is 1.65. The maximum absolute atomic E-state index is 12.7. The Morgan fingerprint density at radius 3 is 2.74 bits per heavy atom. The highest BCUT2D eigenvalue weighted by atomic mass is 32.1. The Hall–Kier alpha value is -1.00. The van der Waals surface area contributed by atoms with Gasteiger partial charge in [0.15, 0.2) is 0 Å². The number of methoxy groups -OCH3 is 1. The van der Waals surface area contributed by atoms with Crippen LogP contribution in [0.5, 0.6) is 0 Å². The number of rotatable bonds is 6. The number of nitrogens with zero attached hydrogens (tertiary/aromatic N) is 1.